The van der Waals surface area contributed by atoms with Gasteiger partial charge in [0.2, 0.25) is 0 Å². The Balaban J connectivity index is 1.58. The lowest BCUT2D eigenvalue weighted by molar-refractivity contribution is 0.480. The van der Waals surface area contributed by atoms with Crippen molar-refractivity contribution < 1.29 is 25.9 Å². The summed E-state index contributed by atoms with van der Waals surface area (Å²) in [6.45, 7) is 10.6. The van der Waals surface area contributed by atoms with Crippen LogP contribution in [0.1, 0.15) is 45.7 Å². The highest BCUT2D eigenvalue weighted by Crippen LogP contribution is 2.48. The molecule has 4 rings (SSSR count). The normalized spacial score (nSPS) is 19.6. The lowest BCUT2D eigenvalue weighted by atomic mass is 9.81. The van der Waals surface area contributed by atoms with E-state index in [9.17, 15) is 25.9 Å². The van der Waals surface area contributed by atoms with Gasteiger partial charge in [0.05, 0.1) is 21.2 Å². The molecule has 0 saturated carbocycles. The standard InChI is InChI=1S/C27H30N2O6S2/c1-6-29-23-15-13-19(37(33,34)35)17-21(23)27(4,5)25(29)11-9-7-8-10-24-26(2,3)20-16-18(36(30,31)32)12-14-22(20)28-24/h7-17H,6H2,1-5H3,(H,30,31,32)(H,33,34,35)/b9-7+,10-8+,25-11-. The van der Waals surface area contributed by atoms with Crippen LogP contribution in [0.4, 0.5) is 11.4 Å². The molecule has 0 atom stereocenters. The maximum atomic E-state index is 11.7. The first-order valence-corrected chi connectivity index (χ1v) is 14.6. The highest BCUT2D eigenvalue weighted by Gasteiger charge is 2.40. The molecule has 2 aliphatic rings. The molecule has 10 heteroatoms. The summed E-state index contributed by atoms with van der Waals surface area (Å²) in [5, 5.41) is 0. The fourth-order valence-electron chi connectivity index (χ4n) is 4.94. The number of likely N-dealkylation sites (N-methyl/N-ethyl adjacent to an activating group) is 1. The number of hydrogen-bond donors (Lipinski definition) is 2. The molecular weight excluding hydrogens is 512 g/mol. The molecule has 0 saturated heterocycles. The predicted octanol–water partition coefficient (Wildman–Crippen LogP) is 5.36. The number of nitrogens with zero attached hydrogens (tertiary/aromatic N) is 2. The zero-order valence-corrected chi connectivity index (χ0v) is 22.9. The van der Waals surface area contributed by atoms with Crippen LogP contribution in [0.2, 0.25) is 0 Å². The van der Waals surface area contributed by atoms with Gasteiger partial charge in [-0.25, -0.2) is 0 Å². The molecule has 0 fully saturated rings. The number of hydrogen-bond acceptors (Lipinski definition) is 6. The van der Waals surface area contributed by atoms with Crippen molar-refractivity contribution in [1.82, 2.24) is 0 Å². The molecule has 2 aromatic carbocycles. The minimum absolute atomic E-state index is 0.125. The Labute approximate surface area is 218 Å². The Morgan fingerprint density at radius 3 is 2.03 bits per heavy atom. The third-order valence-electron chi connectivity index (χ3n) is 7.03. The molecule has 196 valence electrons. The van der Waals surface area contributed by atoms with Crippen molar-refractivity contribution in [1.29, 1.82) is 0 Å². The van der Waals surface area contributed by atoms with Gasteiger partial charge in [-0.2, -0.15) is 16.8 Å². The number of aliphatic imine (C=N–C) groups is 1. The van der Waals surface area contributed by atoms with Crippen molar-refractivity contribution in [2.24, 2.45) is 4.99 Å². The zero-order valence-electron chi connectivity index (χ0n) is 21.3. The van der Waals surface area contributed by atoms with Gasteiger partial charge in [0.25, 0.3) is 20.2 Å². The van der Waals surface area contributed by atoms with E-state index in [1.807, 2.05) is 65.0 Å². The van der Waals surface area contributed by atoms with Gasteiger partial charge in [-0.05, 0) is 66.6 Å². The molecule has 37 heavy (non-hydrogen) atoms. The number of anilines is 1. The summed E-state index contributed by atoms with van der Waals surface area (Å²) in [7, 11) is -8.61. The molecular formula is C27H30N2O6S2. The van der Waals surface area contributed by atoms with Crippen LogP contribution >= 0.6 is 0 Å². The van der Waals surface area contributed by atoms with Gasteiger partial charge in [0.15, 0.2) is 0 Å². The van der Waals surface area contributed by atoms with Crippen molar-refractivity contribution in [2.45, 2.75) is 55.2 Å². The van der Waals surface area contributed by atoms with E-state index in [1.54, 1.807) is 12.1 Å². The fourth-order valence-corrected chi connectivity index (χ4v) is 5.95. The van der Waals surface area contributed by atoms with E-state index in [2.05, 4.69) is 9.89 Å². The minimum Gasteiger partial charge on any atom is -0.344 e. The molecule has 2 aromatic rings. The molecule has 0 bridgehead atoms. The average molecular weight is 543 g/mol. The first-order chi connectivity index (χ1) is 17.1. The van der Waals surface area contributed by atoms with Gasteiger partial charge in [0, 0.05) is 28.8 Å². The maximum absolute atomic E-state index is 11.7. The first kappa shape index (κ1) is 27.0. The van der Waals surface area contributed by atoms with Gasteiger partial charge < -0.3 is 4.90 Å². The molecule has 0 spiro atoms. The van der Waals surface area contributed by atoms with Crippen LogP contribution in [0.3, 0.4) is 0 Å². The Kier molecular flexibility index (Phi) is 6.61. The first-order valence-electron chi connectivity index (χ1n) is 11.7. The molecule has 0 aliphatic carbocycles. The summed E-state index contributed by atoms with van der Waals surface area (Å²) in [6.07, 6.45) is 9.48. The predicted molar refractivity (Wildman–Crippen MR) is 145 cm³/mol. The van der Waals surface area contributed by atoms with E-state index in [0.717, 1.165) is 28.2 Å². The summed E-state index contributed by atoms with van der Waals surface area (Å²) in [6, 6.07) is 9.06. The van der Waals surface area contributed by atoms with E-state index >= 15 is 0 Å². The van der Waals surface area contributed by atoms with Crippen LogP contribution in [0.15, 0.2) is 87.3 Å². The summed E-state index contributed by atoms with van der Waals surface area (Å²) < 4.78 is 65.3. The summed E-state index contributed by atoms with van der Waals surface area (Å²) in [4.78, 5) is 6.47. The molecule has 8 nitrogen and oxygen atoms in total. The second-order valence-corrected chi connectivity index (χ2v) is 12.9. The maximum Gasteiger partial charge on any atom is 0.294 e. The highest BCUT2D eigenvalue weighted by molar-refractivity contribution is 7.86. The Morgan fingerprint density at radius 1 is 0.838 bits per heavy atom. The Hall–Kier alpha value is -3.05. The van der Waals surface area contributed by atoms with Crippen LogP contribution in [-0.2, 0) is 31.1 Å². The van der Waals surface area contributed by atoms with Gasteiger partial charge >= 0.3 is 0 Å². The zero-order chi connectivity index (χ0) is 27.4. The smallest absolute Gasteiger partial charge is 0.294 e. The molecule has 0 unspecified atom stereocenters. The van der Waals surface area contributed by atoms with Gasteiger partial charge in [-0.15, -0.1) is 0 Å². The molecule has 0 aromatic heterocycles. The van der Waals surface area contributed by atoms with Crippen molar-refractivity contribution in [3.63, 3.8) is 0 Å². The number of benzene rings is 2. The number of fused-ring (bicyclic) bond motifs is 2. The third-order valence-corrected chi connectivity index (χ3v) is 8.73. The summed E-state index contributed by atoms with van der Waals surface area (Å²) >= 11 is 0. The number of allylic oxidation sites excluding steroid dienone is 6. The van der Waals surface area contributed by atoms with Crippen LogP contribution in [0.25, 0.3) is 0 Å². The minimum atomic E-state index is -4.30. The van der Waals surface area contributed by atoms with Crippen molar-refractivity contribution in [3.05, 3.63) is 83.6 Å². The summed E-state index contributed by atoms with van der Waals surface area (Å²) in [5.74, 6) is 0. The van der Waals surface area contributed by atoms with Crippen LogP contribution in [0.5, 0.6) is 0 Å². The number of rotatable bonds is 6. The molecule has 0 amide bonds. The second-order valence-electron chi connectivity index (χ2n) is 10.1. The topological polar surface area (TPSA) is 124 Å². The van der Waals surface area contributed by atoms with E-state index in [1.165, 1.54) is 24.3 Å². The van der Waals surface area contributed by atoms with E-state index in [0.29, 0.717) is 12.2 Å². The average Bonchev–Trinajstić information content (AvgIpc) is 3.18. The van der Waals surface area contributed by atoms with Crippen LogP contribution in [0, 0.1) is 0 Å². The summed E-state index contributed by atoms with van der Waals surface area (Å²) in [5.41, 5.74) is 3.84. The third kappa shape index (κ3) is 4.82. The fraction of sp³-hybridized carbons (Fsp3) is 0.296. The molecule has 2 aliphatic heterocycles. The van der Waals surface area contributed by atoms with Crippen molar-refractivity contribution in [2.75, 3.05) is 11.4 Å². The van der Waals surface area contributed by atoms with Crippen molar-refractivity contribution >= 4 is 37.3 Å². The Bertz CT molecular complexity index is 1610. The SMILES string of the molecule is CCN1\C(=C/C=C/C=C/C2=Nc3ccc(S(=O)(=O)O)cc3C2(C)C)C(C)(C)c2cc(S(=O)(=O)O)ccc21. The second kappa shape index (κ2) is 9.05. The van der Waals surface area contributed by atoms with Gasteiger partial charge in [-0.1, -0.05) is 45.9 Å². The van der Waals surface area contributed by atoms with Gasteiger partial charge in [-0.3, -0.25) is 14.1 Å². The van der Waals surface area contributed by atoms with Gasteiger partial charge in [0.1, 0.15) is 0 Å². The van der Waals surface area contributed by atoms with Crippen molar-refractivity contribution in [3.8, 4) is 0 Å². The highest BCUT2D eigenvalue weighted by atomic mass is 32.2. The quantitative estimate of drug-likeness (QED) is 0.372. The molecule has 0 radical (unpaired) electrons. The van der Waals surface area contributed by atoms with E-state index in [-0.39, 0.29) is 9.79 Å². The lowest BCUT2D eigenvalue weighted by Crippen LogP contribution is -2.25. The largest absolute Gasteiger partial charge is 0.344 e. The lowest BCUT2D eigenvalue weighted by Gasteiger charge is -2.25. The molecule has 2 N–H and O–H groups in total. The molecule has 2 heterocycles. The van der Waals surface area contributed by atoms with E-state index < -0.39 is 31.1 Å². The van der Waals surface area contributed by atoms with E-state index in [4.69, 9.17) is 0 Å². The monoisotopic (exact) mass is 542 g/mol. The Morgan fingerprint density at radius 2 is 1.43 bits per heavy atom. The van der Waals surface area contributed by atoms with Crippen LogP contribution < -0.4 is 4.90 Å². The van der Waals surface area contributed by atoms with Crippen LogP contribution in [-0.4, -0.2) is 38.2 Å².